The monoisotopic (exact) mass is 526 g/mol. The molecule has 0 radical (unpaired) electrons. The lowest BCUT2D eigenvalue weighted by molar-refractivity contribution is 0.104. The quantitative estimate of drug-likeness (QED) is 0.231. The Bertz CT molecular complexity index is 1650. The van der Waals surface area contributed by atoms with E-state index in [1.165, 1.54) is 18.4 Å². The van der Waals surface area contributed by atoms with Crippen molar-refractivity contribution in [2.75, 3.05) is 34.2 Å². The second-order valence-electron chi connectivity index (χ2n) is 8.41. The molecule has 0 spiro atoms. The minimum atomic E-state index is -0.226. The summed E-state index contributed by atoms with van der Waals surface area (Å²) in [6.07, 6.45) is 0. The van der Waals surface area contributed by atoms with Crippen LogP contribution in [0.2, 0.25) is 0 Å². The minimum absolute atomic E-state index is 0.226. The van der Waals surface area contributed by atoms with E-state index in [-0.39, 0.29) is 5.78 Å². The van der Waals surface area contributed by atoms with Crippen molar-refractivity contribution in [2.24, 2.45) is 0 Å². The Morgan fingerprint density at radius 2 is 1.47 bits per heavy atom. The molecule has 0 bridgehead atoms. The van der Waals surface area contributed by atoms with Crippen molar-refractivity contribution < 1.29 is 23.7 Å². The second-order valence-corrected chi connectivity index (χ2v) is 9.41. The number of nitrogens with zero attached hydrogens (tertiary/aromatic N) is 1. The highest BCUT2D eigenvalue weighted by molar-refractivity contribution is 7.21. The molecule has 7 nitrogen and oxygen atoms in total. The molecular formula is C30H26N2O5S. The highest BCUT2D eigenvalue weighted by Crippen LogP contribution is 2.45. The number of hydrogen-bond donors (Lipinski definition) is 1. The first kappa shape index (κ1) is 25.1. The van der Waals surface area contributed by atoms with E-state index in [1.54, 1.807) is 39.5 Å². The Kier molecular flexibility index (Phi) is 6.89. The number of hydrogen-bond acceptors (Lipinski definition) is 8. The van der Waals surface area contributed by atoms with Crippen LogP contribution in [0.15, 0.2) is 72.8 Å². The van der Waals surface area contributed by atoms with Crippen LogP contribution in [0, 0.1) is 0 Å². The summed E-state index contributed by atoms with van der Waals surface area (Å²) in [5.41, 5.74) is 10.8. The van der Waals surface area contributed by atoms with Gasteiger partial charge in [-0.2, -0.15) is 0 Å². The highest BCUT2D eigenvalue weighted by atomic mass is 32.1. The molecule has 0 saturated carbocycles. The highest BCUT2D eigenvalue weighted by Gasteiger charge is 2.24. The molecule has 2 N–H and O–H groups in total. The molecule has 0 aliphatic rings. The normalized spacial score (nSPS) is 10.8. The number of fused-ring (bicyclic) bond motifs is 1. The molecule has 0 amide bonds. The molecule has 2 heterocycles. The lowest BCUT2D eigenvalue weighted by Gasteiger charge is -2.14. The first-order valence-electron chi connectivity index (χ1n) is 11.8. The van der Waals surface area contributed by atoms with E-state index in [0.29, 0.717) is 49.3 Å². The summed E-state index contributed by atoms with van der Waals surface area (Å²) in [6, 6.07) is 22.5. The molecule has 0 aliphatic heterocycles. The predicted molar refractivity (Wildman–Crippen MR) is 151 cm³/mol. The number of ether oxygens (including phenoxy) is 4. The van der Waals surface area contributed by atoms with Crippen LogP contribution in [0.1, 0.15) is 15.2 Å². The molecule has 0 atom stereocenters. The number of ketones is 1. The number of anilines is 1. The Labute approximate surface area is 224 Å². The molecule has 0 aliphatic carbocycles. The van der Waals surface area contributed by atoms with Crippen LogP contribution in [0.3, 0.4) is 0 Å². The van der Waals surface area contributed by atoms with E-state index in [0.717, 1.165) is 22.4 Å². The van der Waals surface area contributed by atoms with Crippen LogP contribution in [-0.2, 0) is 0 Å². The van der Waals surface area contributed by atoms with Gasteiger partial charge < -0.3 is 24.7 Å². The molecule has 8 heteroatoms. The fourth-order valence-corrected chi connectivity index (χ4v) is 5.47. The first-order valence-corrected chi connectivity index (χ1v) is 12.6. The van der Waals surface area contributed by atoms with E-state index in [4.69, 9.17) is 29.7 Å². The van der Waals surface area contributed by atoms with Gasteiger partial charge in [0, 0.05) is 27.6 Å². The number of carbonyl (C=O) groups excluding carboxylic acids is 1. The molecule has 3 aromatic carbocycles. The maximum absolute atomic E-state index is 13.7. The van der Waals surface area contributed by atoms with E-state index in [9.17, 15) is 4.79 Å². The zero-order valence-corrected chi connectivity index (χ0v) is 22.2. The molecular weight excluding hydrogens is 500 g/mol. The number of nitrogens with two attached hydrogens (primary N) is 1. The van der Waals surface area contributed by atoms with Crippen molar-refractivity contribution >= 4 is 33.0 Å². The van der Waals surface area contributed by atoms with Crippen molar-refractivity contribution in [3.05, 3.63) is 83.2 Å². The van der Waals surface area contributed by atoms with Gasteiger partial charge >= 0.3 is 0 Å². The Morgan fingerprint density at radius 3 is 2.16 bits per heavy atom. The number of pyridine rings is 1. The van der Waals surface area contributed by atoms with Gasteiger partial charge in [-0.25, -0.2) is 4.98 Å². The fraction of sp³-hybridized carbons (Fsp3) is 0.133. The smallest absolute Gasteiger partial charge is 0.205 e. The number of thiophene rings is 1. The molecule has 5 aromatic rings. The minimum Gasteiger partial charge on any atom is -0.497 e. The van der Waals surface area contributed by atoms with E-state index in [1.807, 2.05) is 54.6 Å². The predicted octanol–water partition coefficient (Wildman–Crippen LogP) is 6.48. The summed E-state index contributed by atoms with van der Waals surface area (Å²) in [6.45, 7) is 0. The van der Waals surface area contributed by atoms with Crippen molar-refractivity contribution in [2.45, 2.75) is 0 Å². The van der Waals surface area contributed by atoms with Crippen LogP contribution in [0.4, 0.5) is 5.69 Å². The van der Waals surface area contributed by atoms with Crippen molar-refractivity contribution in [3.8, 4) is 45.4 Å². The Morgan fingerprint density at radius 1 is 0.763 bits per heavy atom. The molecule has 2 aromatic heterocycles. The summed E-state index contributed by atoms with van der Waals surface area (Å²) in [5, 5.41) is 0.685. The van der Waals surface area contributed by atoms with Crippen LogP contribution >= 0.6 is 11.3 Å². The van der Waals surface area contributed by atoms with Crippen molar-refractivity contribution in [1.82, 2.24) is 4.98 Å². The van der Waals surface area contributed by atoms with Gasteiger partial charge in [-0.15, -0.1) is 11.3 Å². The average molecular weight is 527 g/mol. The van der Waals surface area contributed by atoms with Crippen LogP contribution in [0.5, 0.6) is 23.0 Å². The number of aromatic nitrogens is 1. The third kappa shape index (κ3) is 4.39. The average Bonchev–Trinajstić information content (AvgIpc) is 3.31. The summed E-state index contributed by atoms with van der Waals surface area (Å²) < 4.78 is 21.9. The second kappa shape index (κ2) is 10.4. The number of nitrogen functional groups attached to an aromatic ring is 1. The Hall–Kier alpha value is -4.56. The maximum Gasteiger partial charge on any atom is 0.205 e. The van der Waals surface area contributed by atoms with E-state index in [2.05, 4.69) is 0 Å². The summed E-state index contributed by atoms with van der Waals surface area (Å²) in [4.78, 5) is 19.7. The van der Waals surface area contributed by atoms with Crippen molar-refractivity contribution in [1.29, 1.82) is 0 Å². The maximum atomic E-state index is 13.7. The summed E-state index contributed by atoms with van der Waals surface area (Å²) >= 11 is 1.26. The Balaban J connectivity index is 1.76. The number of carbonyl (C=O) groups is 1. The summed E-state index contributed by atoms with van der Waals surface area (Å²) in [5.74, 6) is 2.09. The molecule has 0 saturated heterocycles. The molecule has 5 rings (SSSR count). The van der Waals surface area contributed by atoms with Gasteiger partial charge in [0.05, 0.1) is 39.8 Å². The molecule has 0 fully saturated rings. The third-order valence-electron chi connectivity index (χ3n) is 6.32. The van der Waals surface area contributed by atoms with Crippen LogP contribution in [-0.4, -0.2) is 39.2 Å². The zero-order chi connectivity index (χ0) is 26.8. The molecule has 38 heavy (non-hydrogen) atoms. The van der Waals surface area contributed by atoms with E-state index < -0.39 is 0 Å². The molecule has 192 valence electrons. The van der Waals surface area contributed by atoms with Gasteiger partial charge in [-0.05, 0) is 42.5 Å². The lowest BCUT2D eigenvalue weighted by atomic mass is 9.97. The third-order valence-corrected chi connectivity index (χ3v) is 7.42. The number of rotatable bonds is 8. The van der Waals surface area contributed by atoms with Gasteiger partial charge in [0.1, 0.15) is 21.2 Å². The SMILES string of the molecule is COc1ccc(OC)c(-c2cc(-c3ccccc3)nc3sc(C(=O)c4ccc(OC)c(OC)c4)c(N)c23)c1. The van der Waals surface area contributed by atoms with Gasteiger partial charge in [-0.3, -0.25) is 4.79 Å². The van der Waals surface area contributed by atoms with E-state index >= 15 is 0 Å². The largest absolute Gasteiger partial charge is 0.497 e. The standard InChI is InChI=1S/C30H26N2O5S/c1-34-19-11-13-23(35-2)20(15-19)21-16-22(17-8-6-5-7-9-17)32-30-26(21)27(31)29(38-30)28(33)18-10-12-24(36-3)25(14-18)37-4/h5-16H,31H2,1-4H3. The fourth-order valence-electron chi connectivity index (χ4n) is 4.39. The van der Waals surface area contributed by atoms with Crippen molar-refractivity contribution in [3.63, 3.8) is 0 Å². The summed E-state index contributed by atoms with van der Waals surface area (Å²) in [7, 11) is 6.31. The van der Waals surface area contributed by atoms with Crippen LogP contribution in [0.25, 0.3) is 32.6 Å². The topological polar surface area (TPSA) is 92.9 Å². The molecule has 0 unspecified atom stereocenters. The van der Waals surface area contributed by atoms with Gasteiger partial charge in [0.15, 0.2) is 11.5 Å². The lowest BCUT2D eigenvalue weighted by Crippen LogP contribution is -2.03. The van der Waals surface area contributed by atoms with Crippen LogP contribution < -0.4 is 24.7 Å². The van der Waals surface area contributed by atoms with Gasteiger partial charge in [-0.1, -0.05) is 30.3 Å². The van der Waals surface area contributed by atoms with Gasteiger partial charge in [0.2, 0.25) is 5.78 Å². The number of benzene rings is 3. The zero-order valence-electron chi connectivity index (χ0n) is 21.4. The first-order chi connectivity index (χ1) is 18.5. The van der Waals surface area contributed by atoms with Gasteiger partial charge in [0.25, 0.3) is 0 Å². The number of methoxy groups -OCH3 is 4.